The molecule has 2 heterocycles. The minimum absolute atomic E-state index is 0.190. The molecule has 8 heteroatoms. The summed E-state index contributed by atoms with van der Waals surface area (Å²) in [7, 11) is 1.58. The maximum atomic E-state index is 12.7. The Morgan fingerprint density at radius 1 is 1.33 bits per heavy atom. The minimum atomic E-state index is -0.710. The van der Waals surface area contributed by atoms with Crippen molar-refractivity contribution in [2.45, 2.75) is 6.42 Å². The quantitative estimate of drug-likeness (QED) is 0.614. The van der Waals surface area contributed by atoms with E-state index >= 15 is 0 Å². The highest BCUT2D eigenvalue weighted by Gasteiger charge is 2.38. The maximum Gasteiger partial charge on any atom is 0.239 e. The zero-order chi connectivity index (χ0) is 19.0. The summed E-state index contributed by atoms with van der Waals surface area (Å²) in [6, 6.07) is 13.1. The second-order valence-electron chi connectivity index (χ2n) is 6.13. The number of aromatic nitrogens is 1. The second-order valence-corrected chi connectivity index (χ2v) is 8.07. The first-order valence-corrected chi connectivity index (χ1v) is 9.99. The number of benzene rings is 2. The van der Waals surface area contributed by atoms with Gasteiger partial charge in [0, 0.05) is 16.7 Å². The van der Waals surface area contributed by atoms with Crippen LogP contribution in [-0.4, -0.2) is 30.5 Å². The number of anilines is 2. The Balaban J connectivity index is 1.51. The summed E-state index contributed by atoms with van der Waals surface area (Å²) in [6.07, 6.45) is 0.478. The molecule has 0 bridgehead atoms. The molecular weight excluding hydrogens is 430 g/mol. The van der Waals surface area contributed by atoms with Crippen LogP contribution in [0.1, 0.15) is 6.42 Å². The predicted molar refractivity (Wildman–Crippen MR) is 109 cm³/mol. The fourth-order valence-electron chi connectivity index (χ4n) is 3.16. The van der Waals surface area contributed by atoms with Gasteiger partial charge in [0.25, 0.3) is 0 Å². The molecule has 1 N–H and O–H groups in total. The van der Waals surface area contributed by atoms with Crippen molar-refractivity contribution in [2.75, 3.05) is 23.9 Å². The molecule has 1 fully saturated rings. The fourth-order valence-corrected chi connectivity index (χ4v) is 4.43. The Labute approximate surface area is 168 Å². The van der Waals surface area contributed by atoms with Gasteiger partial charge in [0.05, 0.1) is 11.8 Å². The van der Waals surface area contributed by atoms with E-state index in [0.29, 0.717) is 29.4 Å². The first-order valence-electron chi connectivity index (χ1n) is 8.38. The zero-order valence-corrected chi connectivity index (χ0v) is 16.8. The van der Waals surface area contributed by atoms with Gasteiger partial charge in [-0.15, -0.1) is 0 Å². The average molecular weight is 446 g/mol. The highest BCUT2D eigenvalue weighted by Crippen LogP contribution is 2.33. The molecule has 0 spiro atoms. The van der Waals surface area contributed by atoms with Crippen LogP contribution in [0, 0.1) is 5.92 Å². The smallest absolute Gasteiger partial charge is 0.239 e. The Bertz CT molecular complexity index is 1040. The Morgan fingerprint density at radius 3 is 2.93 bits per heavy atom. The first-order chi connectivity index (χ1) is 13.1. The third kappa shape index (κ3) is 3.42. The van der Waals surface area contributed by atoms with Crippen LogP contribution >= 0.6 is 27.3 Å². The molecule has 3 aromatic rings. The number of carbonyl (C=O) groups is 2. The van der Waals surface area contributed by atoms with Crippen molar-refractivity contribution >= 4 is 60.1 Å². The van der Waals surface area contributed by atoms with Gasteiger partial charge >= 0.3 is 0 Å². The van der Waals surface area contributed by atoms with Crippen LogP contribution in [0.15, 0.2) is 46.9 Å². The molecule has 0 saturated carbocycles. The minimum Gasteiger partial charge on any atom is -0.494 e. The number of fused-ring (bicyclic) bond motifs is 1. The predicted octanol–water partition coefficient (Wildman–Crippen LogP) is 4.06. The molecule has 27 heavy (non-hydrogen) atoms. The van der Waals surface area contributed by atoms with Crippen LogP contribution < -0.4 is 15.0 Å². The van der Waals surface area contributed by atoms with Gasteiger partial charge in [-0.2, -0.15) is 0 Å². The van der Waals surface area contributed by atoms with Crippen molar-refractivity contribution < 1.29 is 14.3 Å². The molecule has 4 rings (SSSR count). The molecule has 1 unspecified atom stereocenters. The Hall–Kier alpha value is -2.45. The van der Waals surface area contributed by atoms with Gasteiger partial charge in [-0.05, 0) is 36.8 Å². The number of hydrogen-bond acceptors (Lipinski definition) is 5. The molecule has 138 valence electrons. The monoisotopic (exact) mass is 445 g/mol. The van der Waals surface area contributed by atoms with Crippen LogP contribution in [0.2, 0.25) is 0 Å². The molecule has 0 aliphatic carbocycles. The Morgan fingerprint density at radius 2 is 2.15 bits per heavy atom. The van der Waals surface area contributed by atoms with Crippen molar-refractivity contribution in [2.24, 2.45) is 5.92 Å². The van der Waals surface area contributed by atoms with Gasteiger partial charge < -0.3 is 15.0 Å². The third-order valence-electron chi connectivity index (χ3n) is 4.47. The molecule has 1 aliphatic heterocycles. The summed E-state index contributed by atoms with van der Waals surface area (Å²) in [5, 5.41) is 3.26. The van der Waals surface area contributed by atoms with Gasteiger partial charge in [-0.3, -0.25) is 9.59 Å². The molecule has 1 aromatic heterocycles. The number of amides is 2. The summed E-state index contributed by atoms with van der Waals surface area (Å²) in [6.45, 7) is 0.515. The first kappa shape index (κ1) is 17.9. The van der Waals surface area contributed by atoms with Crippen LogP contribution in [-0.2, 0) is 9.59 Å². The molecule has 6 nitrogen and oxygen atoms in total. The lowest BCUT2D eigenvalue weighted by atomic mass is 10.1. The van der Waals surface area contributed by atoms with Crippen molar-refractivity contribution in [3.63, 3.8) is 0 Å². The van der Waals surface area contributed by atoms with Gasteiger partial charge in [0.15, 0.2) is 5.13 Å². The third-order valence-corrected chi connectivity index (χ3v) is 5.90. The number of carbonyl (C=O) groups excluding carboxylic acids is 2. The number of nitrogens with zero attached hydrogens (tertiary/aromatic N) is 2. The molecule has 2 aromatic carbocycles. The molecular formula is C19H16BrN3O3S. The lowest BCUT2D eigenvalue weighted by Gasteiger charge is -2.16. The zero-order valence-electron chi connectivity index (χ0n) is 14.4. The highest BCUT2D eigenvalue weighted by atomic mass is 79.9. The van der Waals surface area contributed by atoms with Crippen molar-refractivity contribution in [1.82, 2.24) is 4.98 Å². The number of hydrogen-bond donors (Lipinski definition) is 1. The summed E-state index contributed by atoms with van der Waals surface area (Å²) in [5.41, 5.74) is 1.49. The van der Waals surface area contributed by atoms with E-state index in [1.165, 1.54) is 11.3 Å². The summed E-state index contributed by atoms with van der Waals surface area (Å²) in [4.78, 5) is 31.5. The fraction of sp³-hybridized carbons (Fsp3) is 0.211. The topological polar surface area (TPSA) is 71.5 Å². The van der Waals surface area contributed by atoms with Crippen LogP contribution in [0.5, 0.6) is 5.75 Å². The van der Waals surface area contributed by atoms with Crippen LogP contribution in [0.25, 0.3) is 10.2 Å². The summed E-state index contributed by atoms with van der Waals surface area (Å²) in [5.74, 6) is -0.570. The Kier molecular flexibility index (Phi) is 4.84. The normalized spacial score (nSPS) is 16.7. The van der Waals surface area contributed by atoms with Gasteiger partial charge in [0.1, 0.15) is 17.2 Å². The van der Waals surface area contributed by atoms with Crippen LogP contribution in [0.3, 0.4) is 0 Å². The van der Waals surface area contributed by atoms with E-state index in [-0.39, 0.29) is 11.8 Å². The number of halogens is 1. The van der Waals surface area contributed by atoms with E-state index in [1.54, 1.807) is 12.0 Å². The van der Waals surface area contributed by atoms with E-state index in [1.807, 2.05) is 42.5 Å². The number of ether oxygens (including phenoxy) is 1. The van der Waals surface area contributed by atoms with Crippen molar-refractivity contribution in [3.05, 3.63) is 46.9 Å². The number of thiazole rings is 1. The van der Waals surface area contributed by atoms with E-state index in [0.717, 1.165) is 14.9 Å². The average Bonchev–Trinajstić information content (AvgIpc) is 3.24. The van der Waals surface area contributed by atoms with Gasteiger partial charge in [-0.1, -0.05) is 39.4 Å². The largest absolute Gasteiger partial charge is 0.494 e. The van der Waals surface area contributed by atoms with Crippen molar-refractivity contribution in [3.8, 4) is 5.75 Å². The second kappa shape index (κ2) is 7.28. The van der Waals surface area contributed by atoms with E-state index in [2.05, 4.69) is 26.2 Å². The number of nitrogens with one attached hydrogen (secondary N) is 1. The lowest BCUT2D eigenvalue weighted by molar-refractivity contribution is -0.129. The number of methoxy groups -OCH3 is 1. The van der Waals surface area contributed by atoms with Gasteiger partial charge in [0.2, 0.25) is 11.8 Å². The lowest BCUT2D eigenvalue weighted by Crippen LogP contribution is -2.33. The standard InChI is InChI=1S/C19H16BrN3O3S/c1-26-14-6-3-7-15-16(14)21-19(27-15)22-17(24)13-8-9-23(18(13)25)12-5-2-4-11(20)10-12/h2-7,10,13H,8-9H2,1H3,(H,21,22,24). The molecule has 1 saturated heterocycles. The number of rotatable bonds is 4. The number of para-hydroxylation sites is 1. The SMILES string of the molecule is COc1cccc2sc(NC(=O)C3CCN(c4cccc(Br)c4)C3=O)nc12. The summed E-state index contributed by atoms with van der Waals surface area (Å²) >= 11 is 4.77. The van der Waals surface area contributed by atoms with E-state index < -0.39 is 5.92 Å². The summed E-state index contributed by atoms with van der Waals surface area (Å²) < 4.78 is 7.11. The molecule has 1 atom stereocenters. The van der Waals surface area contributed by atoms with Crippen molar-refractivity contribution in [1.29, 1.82) is 0 Å². The molecule has 2 amide bonds. The molecule has 1 aliphatic rings. The molecule has 0 radical (unpaired) electrons. The van der Waals surface area contributed by atoms with E-state index in [4.69, 9.17) is 4.74 Å². The maximum absolute atomic E-state index is 12.7. The van der Waals surface area contributed by atoms with Gasteiger partial charge in [-0.25, -0.2) is 4.98 Å². The van der Waals surface area contributed by atoms with E-state index in [9.17, 15) is 9.59 Å². The van der Waals surface area contributed by atoms with Crippen LogP contribution in [0.4, 0.5) is 10.8 Å². The highest BCUT2D eigenvalue weighted by molar-refractivity contribution is 9.10.